The van der Waals surface area contributed by atoms with Crippen LogP contribution in [0.25, 0.3) is 11.8 Å². The van der Waals surface area contributed by atoms with Crippen molar-refractivity contribution in [1.82, 2.24) is 10.2 Å². The number of rotatable bonds is 2. The van der Waals surface area contributed by atoms with Crippen LogP contribution < -0.4 is 10.6 Å². The van der Waals surface area contributed by atoms with Crippen molar-refractivity contribution in [3.63, 3.8) is 0 Å². The maximum absolute atomic E-state index is 6.42. The number of H-pyrrole nitrogens is 1. The van der Waals surface area contributed by atoms with E-state index in [1.807, 2.05) is 0 Å². The van der Waals surface area contributed by atoms with E-state index in [1.54, 1.807) is 0 Å². The molecule has 0 aromatic carbocycles. The van der Waals surface area contributed by atoms with Crippen LogP contribution in [0.4, 0.5) is 0 Å². The molecule has 19 heavy (non-hydrogen) atoms. The summed E-state index contributed by atoms with van der Waals surface area (Å²) >= 11 is 0. The predicted molar refractivity (Wildman–Crippen MR) is 74.5 cm³/mol. The van der Waals surface area contributed by atoms with Gasteiger partial charge in [-0.05, 0) is 50.5 Å². The number of allylic oxidation sites excluding steroid dienone is 1. The highest BCUT2D eigenvalue weighted by atomic mass is 16.5. The fourth-order valence-electron chi connectivity index (χ4n) is 3.99. The molecular formula is C16H20N2O. The fourth-order valence-corrected chi connectivity index (χ4v) is 3.99. The first-order valence-electron chi connectivity index (χ1n) is 7.39. The molecule has 1 aromatic heterocycles. The van der Waals surface area contributed by atoms with Crippen LogP contribution in [0.1, 0.15) is 37.8 Å². The van der Waals surface area contributed by atoms with Crippen molar-refractivity contribution in [3.05, 3.63) is 28.4 Å². The third-order valence-electron chi connectivity index (χ3n) is 4.92. The summed E-state index contributed by atoms with van der Waals surface area (Å²) in [6.07, 6.45) is 13.1. The van der Waals surface area contributed by atoms with Crippen molar-refractivity contribution in [2.75, 3.05) is 0 Å². The maximum Gasteiger partial charge on any atom is 0.111 e. The minimum Gasteiger partial charge on any atom is -0.493 e. The van der Waals surface area contributed by atoms with Crippen LogP contribution in [0.5, 0.6) is 0 Å². The van der Waals surface area contributed by atoms with Crippen LogP contribution >= 0.6 is 0 Å². The molecule has 2 fully saturated rings. The van der Waals surface area contributed by atoms with E-state index in [2.05, 4.69) is 35.3 Å². The number of fused-ring (bicyclic) bond motifs is 3. The van der Waals surface area contributed by atoms with Gasteiger partial charge in [0.2, 0.25) is 0 Å². The highest BCUT2D eigenvalue weighted by molar-refractivity contribution is 5.49. The van der Waals surface area contributed by atoms with Gasteiger partial charge in [0.1, 0.15) is 11.9 Å². The number of hydrogen-bond acceptors (Lipinski definition) is 2. The summed E-state index contributed by atoms with van der Waals surface area (Å²) in [6.45, 7) is 2.05. The van der Waals surface area contributed by atoms with Crippen LogP contribution in [0.15, 0.2) is 12.2 Å². The second-order valence-corrected chi connectivity index (χ2v) is 6.15. The molecule has 3 atom stereocenters. The quantitative estimate of drug-likeness (QED) is 0.875. The van der Waals surface area contributed by atoms with E-state index >= 15 is 0 Å². The molecule has 1 aromatic rings. The summed E-state index contributed by atoms with van der Waals surface area (Å²) in [4.78, 5) is 0. The lowest BCUT2D eigenvalue weighted by atomic mass is 9.97. The first kappa shape index (κ1) is 11.3. The minimum absolute atomic E-state index is 0.447. The van der Waals surface area contributed by atoms with Crippen molar-refractivity contribution in [2.24, 2.45) is 11.8 Å². The molecule has 0 aliphatic heterocycles. The minimum atomic E-state index is 0.447. The first-order valence-corrected chi connectivity index (χ1v) is 7.39. The van der Waals surface area contributed by atoms with Gasteiger partial charge in [0, 0.05) is 6.42 Å². The lowest BCUT2D eigenvalue weighted by Crippen LogP contribution is -2.30. The van der Waals surface area contributed by atoms with E-state index in [0.717, 1.165) is 35.1 Å². The van der Waals surface area contributed by atoms with Gasteiger partial charge in [0.25, 0.3) is 0 Å². The molecule has 3 aliphatic rings. The molecule has 2 unspecified atom stereocenters. The van der Waals surface area contributed by atoms with Crippen molar-refractivity contribution in [3.8, 4) is 0 Å². The summed E-state index contributed by atoms with van der Waals surface area (Å²) in [5.41, 5.74) is 1.05. The summed E-state index contributed by atoms with van der Waals surface area (Å²) < 4.78 is 6.42. The van der Waals surface area contributed by atoms with Crippen LogP contribution in [0.3, 0.4) is 0 Å². The van der Waals surface area contributed by atoms with E-state index < -0.39 is 0 Å². The zero-order chi connectivity index (χ0) is 12.8. The Morgan fingerprint density at radius 2 is 2.26 bits per heavy atom. The molecule has 3 nitrogen and oxygen atoms in total. The second kappa shape index (κ2) is 4.26. The zero-order valence-electron chi connectivity index (χ0n) is 11.4. The SMILES string of the molecule is Cc1n[nH]c2c1=C(O[C@H]1CC3CCC1C3)CC=CC=2. The number of aromatic amines is 1. The Balaban J connectivity index is 1.72. The Morgan fingerprint density at radius 3 is 3.05 bits per heavy atom. The van der Waals surface area contributed by atoms with Gasteiger partial charge in [-0.2, -0.15) is 5.10 Å². The molecule has 0 amide bonds. The van der Waals surface area contributed by atoms with Crippen molar-refractivity contribution in [1.29, 1.82) is 0 Å². The van der Waals surface area contributed by atoms with Crippen molar-refractivity contribution in [2.45, 2.75) is 45.1 Å². The Labute approximate surface area is 113 Å². The molecule has 2 bridgehead atoms. The molecule has 3 heteroatoms. The standard InChI is InChI=1S/C16H20N2O/c1-10-16-13(18-17-10)4-2-3-5-14(16)19-15-9-11-6-7-12(15)8-11/h2-4,11-12,15,18H,5-9H2,1H3/t11?,12?,15-/m0/s1. The normalized spacial score (nSPS) is 32.1. The maximum atomic E-state index is 6.42. The van der Waals surface area contributed by atoms with Crippen LogP contribution in [0, 0.1) is 18.8 Å². The molecule has 1 N–H and O–H groups in total. The molecule has 2 saturated carbocycles. The number of nitrogens with one attached hydrogen (secondary N) is 1. The van der Waals surface area contributed by atoms with E-state index in [4.69, 9.17) is 4.74 Å². The lowest BCUT2D eigenvalue weighted by molar-refractivity contribution is 0.103. The molecule has 0 spiro atoms. The topological polar surface area (TPSA) is 37.9 Å². The predicted octanol–water partition coefficient (Wildman–Crippen LogP) is 1.77. The zero-order valence-corrected chi connectivity index (χ0v) is 11.4. The number of hydrogen-bond donors (Lipinski definition) is 1. The molecule has 3 aliphatic carbocycles. The monoisotopic (exact) mass is 256 g/mol. The van der Waals surface area contributed by atoms with Gasteiger partial charge in [-0.15, -0.1) is 0 Å². The molecule has 0 radical (unpaired) electrons. The van der Waals surface area contributed by atoms with Gasteiger partial charge in [0.05, 0.1) is 16.3 Å². The molecule has 1 heterocycles. The van der Waals surface area contributed by atoms with E-state index in [-0.39, 0.29) is 0 Å². The van der Waals surface area contributed by atoms with Gasteiger partial charge >= 0.3 is 0 Å². The Morgan fingerprint density at radius 1 is 1.32 bits per heavy atom. The first-order chi connectivity index (χ1) is 9.31. The number of nitrogens with zero attached hydrogens (tertiary/aromatic N) is 1. The van der Waals surface area contributed by atoms with Gasteiger partial charge in [-0.25, -0.2) is 0 Å². The Hall–Kier alpha value is -1.51. The Bertz CT molecular complexity index is 640. The van der Waals surface area contributed by atoms with Gasteiger partial charge < -0.3 is 4.74 Å². The van der Waals surface area contributed by atoms with Crippen molar-refractivity contribution >= 4 is 11.8 Å². The van der Waals surface area contributed by atoms with Crippen LogP contribution in [-0.4, -0.2) is 16.3 Å². The van der Waals surface area contributed by atoms with Crippen LogP contribution in [0.2, 0.25) is 0 Å². The van der Waals surface area contributed by atoms with E-state index in [1.165, 1.54) is 30.9 Å². The fraction of sp³-hybridized carbons (Fsp3) is 0.562. The summed E-state index contributed by atoms with van der Waals surface area (Å²) in [7, 11) is 0. The number of aryl methyl sites for hydroxylation is 1. The number of aromatic nitrogens is 2. The lowest BCUT2D eigenvalue weighted by Gasteiger charge is -2.24. The smallest absolute Gasteiger partial charge is 0.111 e. The van der Waals surface area contributed by atoms with E-state index in [0.29, 0.717) is 6.10 Å². The number of ether oxygens (including phenoxy) is 1. The van der Waals surface area contributed by atoms with Crippen LogP contribution in [-0.2, 0) is 4.74 Å². The van der Waals surface area contributed by atoms with Gasteiger partial charge in [-0.3, -0.25) is 5.10 Å². The summed E-state index contributed by atoms with van der Waals surface area (Å²) in [5.74, 6) is 2.83. The average molecular weight is 256 g/mol. The third kappa shape index (κ3) is 1.83. The second-order valence-electron chi connectivity index (χ2n) is 6.15. The molecule has 4 rings (SSSR count). The Kier molecular flexibility index (Phi) is 2.54. The average Bonchev–Trinajstić information content (AvgIpc) is 3.06. The molecular weight excluding hydrogens is 236 g/mol. The highest BCUT2D eigenvalue weighted by Crippen LogP contribution is 2.46. The summed E-state index contributed by atoms with van der Waals surface area (Å²) in [5, 5.41) is 9.69. The highest BCUT2D eigenvalue weighted by Gasteiger charge is 2.41. The third-order valence-corrected chi connectivity index (χ3v) is 4.92. The summed E-state index contributed by atoms with van der Waals surface area (Å²) in [6, 6.07) is 0. The molecule has 100 valence electrons. The van der Waals surface area contributed by atoms with Gasteiger partial charge in [-0.1, -0.05) is 12.2 Å². The molecule has 0 saturated heterocycles. The van der Waals surface area contributed by atoms with Gasteiger partial charge in [0.15, 0.2) is 0 Å². The van der Waals surface area contributed by atoms with E-state index in [9.17, 15) is 0 Å². The largest absolute Gasteiger partial charge is 0.493 e. The van der Waals surface area contributed by atoms with Crippen molar-refractivity contribution < 1.29 is 4.74 Å².